The van der Waals surface area contributed by atoms with Gasteiger partial charge in [-0.2, -0.15) is 0 Å². The standard InChI is InChI=1S/C18H23Br/c1-2-3-4-5-10-18(19)14-15-11-12-16-8-6-7-9-17(16)13-15/h6-9,11-13,18H,2-5,10,14H2,1H3. The lowest BCUT2D eigenvalue weighted by atomic mass is 10.0. The first-order chi connectivity index (χ1) is 9.29. The van der Waals surface area contributed by atoms with Crippen LogP contribution < -0.4 is 0 Å². The molecular formula is C18H23Br. The maximum atomic E-state index is 3.83. The smallest absolute Gasteiger partial charge is 0.0186 e. The van der Waals surface area contributed by atoms with Crippen molar-refractivity contribution >= 4 is 26.7 Å². The van der Waals surface area contributed by atoms with Gasteiger partial charge in [0.25, 0.3) is 0 Å². The molecule has 0 amide bonds. The molecule has 0 nitrogen and oxygen atoms in total. The van der Waals surface area contributed by atoms with Crippen molar-refractivity contribution in [3.8, 4) is 0 Å². The highest BCUT2D eigenvalue weighted by Gasteiger charge is 2.06. The highest BCUT2D eigenvalue weighted by molar-refractivity contribution is 9.09. The van der Waals surface area contributed by atoms with E-state index in [1.807, 2.05) is 0 Å². The van der Waals surface area contributed by atoms with Crippen LogP contribution in [0.4, 0.5) is 0 Å². The van der Waals surface area contributed by atoms with E-state index in [9.17, 15) is 0 Å². The second kappa shape index (κ2) is 7.69. The van der Waals surface area contributed by atoms with E-state index in [-0.39, 0.29) is 0 Å². The first kappa shape index (κ1) is 14.6. The van der Waals surface area contributed by atoms with Crippen LogP contribution in [-0.4, -0.2) is 4.83 Å². The highest BCUT2D eigenvalue weighted by atomic mass is 79.9. The van der Waals surface area contributed by atoms with Gasteiger partial charge in [-0.3, -0.25) is 0 Å². The van der Waals surface area contributed by atoms with Gasteiger partial charge < -0.3 is 0 Å². The van der Waals surface area contributed by atoms with Crippen LogP contribution in [0.5, 0.6) is 0 Å². The van der Waals surface area contributed by atoms with Gasteiger partial charge in [0.1, 0.15) is 0 Å². The zero-order valence-electron chi connectivity index (χ0n) is 11.7. The van der Waals surface area contributed by atoms with Crippen LogP contribution in [0, 0.1) is 0 Å². The fourth-order valence-electron chi connectivity index (χ4n) is 2.52. The molecular weight excluding hydrogens is 296 g/mol. The number of hydrogen-bond donors (Lipinski definition) is 0. The lowest BCUT2D eigenvalue weighted by Gasteiger charge is -2.10. The van der Waals surface area contributed by atoms with Crippen molar-refractivity contribution in [1.82, 2.24) is 0 Å². The first-order valence-corrected chi connectivity index (χ1v) is 8.33. The van der Waals surface area contributed by atoms with E-state index in [0.717, 1.165) is 6.42 Å². The topological polar surface area (TPSA) is 0 Å². The fourth-order valence-corrected chi connectivity index (χ4v) is 3.21. The van der Waals surface area contributed by atoms with Gasteiger partial charge in [0.2, 0.25) is 0 Å². The minimum atomic E-state index is 0.616. The number of hydrogen-bond acceptors (Lipinski definition) is 0. The molecule has 2 rings (SSSR count). The van der Waals surface area contributed by atoms with E-state index in [1.54, 1.807) is 0 Å². The van der Waals surface area contributed by atoms with Gasteiger partial charge in [0.15, 0.2) is 0 Å². The molecule has 2 aromatic carbocycles. The van der Waals surface area contributed by atoms with Crippen LogP contribution in [0.15, 0.2) is 42.5 Å². The molecule has 2 aromatic rings. The second-order valence-electron chi connectivity index (χ2n) is 5.33. The minimum absolute atomic E-state index is 0.616. The molecule has 1 atom stereocenters. The average molecular weight is 319 g/mol. The largest absolute Gasteiger partial charge is 0.0887 e. The maximum Gasteiger partial charge on any atom is 0.0186 e. The van der Waals surface area contributed by atoms with Crippen LogP contribution in [-0.2, 0) is 6.42 Å². The molecule has 0 spiro atoms. The molecule has 0 saturated carbocycles. The summed E-state index contributed by atoms with van der Waals surface area (Å²) in [6.07, 6.45) is 7.82. The Morgan fingerprint density at radius 1 is 0.947 bits per heavy atom. The Morgan fingerprint density at radius 3 is 2.53 bits per heavy atom. The summed E-state index contributed by atoms with van der Waals surface area (Å²) in [7, 11) is 0. The summed E-state index contributed by atoms with van der Waals surface area (Å²) in [5.41, 5.74) is 1.44. The lowest BCUT2D eigenvalue weighted by Crippen LogP contribution is -2.02. The van der Waals surface area contributed by atoms with Crippen molar-refractivity contribution in [2.45, 2.75) is 50.3 Å². The van der Waals surface area contributed by atoms with Gasteiger partial charge in [-0.15, -0.1) is 0 Å². The summed E-state index contributed by atoms with van der Waals surface area (Å²) in [6.45, 7) is 2.26. The van der Waals surface area contributed by atoms with Crippen LogP contribution in [0.2, 0.25) is 0 Å². The van der Waals surface area contributed by atoms with Crippen molar-refractivity contribution in [2.24, 2.45) is 0 Å². The van der Waals surface area contributed by atoms with Crippen LogP contribution in [0.25, 0.3) is 10.8 Å². The van der Waals surface area contributed by atoms with Gasteiger partial charge >= 0.3 is 0 Å². The molecule has 0 heterocycles. The summed E-state index contributed by atoms with van der Waals surface area (Å²) in [5, 5.41) is 2.69. The number of benzene rings is 2. The lowest BCUT2D eigenvalue weighted by molar-refractivity contribution is 0.619. The number of halogens is 1. The number of fused-ring (bicyclic) bond motifs is 1. The van der Waals surface area contributed by atoms with Crippen LogP contribution in [0.3, 0.4) is 0 Å². The fraction of sp³-hybridized carbons (Fsp3) is 0.444. The number of rotatable bonds is 7. The first-order valence-electron chi connectivity index (χ1n) is 7.41. The summed E-state index contributed by atoms with van der Waals surface area (Å²) in [5.74, 6) is 0. The third-order valence-corrected chi connectivity index (χ3v) is 4.42. The molecule has 0 aliphatic heterocycles. The summed E-state index contributed by atoms with van der Waals surface area (Å²) in [6, 6.07) is 15.4. The average Bonchev–Trinajstić information content (AvgIpc) is 2.43. The van der Waals surface area contributed by atoms with Crippen molar-refractivity contribution in [2.75, 3.05) is 0 Å². The van der Waals surface area contributed by atoms with E-state index >= 15 is 0 Å². The van der Waals surface area contributed by atoms with Gasteiger partial charge in [0.05, 0.1) is 0 Å². The predicted molar refractivity (Wildman–Crippen MR) is 89.1 cm³/mol. The van der Waals surface area contributed by atoms with E-state index in [1.165, 1.54) is 48.4 Å². The monoisotopic (exact) mass is 318 g/mol. The van der Waals surface area contributed by atoms with Gasteiger partial charge in [0, 0.05) is 4.83 Å². The van der Waals surface area contributed by atoms with Gasteiger partial charge in [-0.1, -0.05) is 91.0 Å². The molecule has 0 bridgehead atoms. The molecule has 0 aliphatic carbocycles. The Balaban J connectivity index is 1.89. The SMILES string of the molecule is CCCCCCC(Br)Cc1ccc2ccccc2c1. The maximum absolute atomic E-state index is 3.83. The molecule has 0 aromatic heterocycles. The number of alkyl halides is 1. The molecule has 102 valence electrons. The van der Waals surface area contributed by atoms with Crippen molar-refractivity contribution in [3.05, 3.63) is 48.0 Å². The van der Waals surface area contributed by atoms with E-state index in [4.69, 9.17) is 0 Å². The van der Waals surface area contributed by atoms with Crippen LogP contribution >= 0.6 is 15.9 Å². The second-order valence-corrected chi connectivity index (χ2v) is 6.63. The molecule has 0 fully saturated rings. The van der Waals surface area contributed by atoms with Crippen molar-refractivity contribution in [1.29, 1.82) is 0 Å². The Hall–Kier alpha value is -0.820. The summed E-state index contributed by atoms with van der Waals surface area (Å²) in [4.78, 5) is 0.616. The highest BCUT2D eigenvalue weighted by Crippen LogP contribution is 2.21. The molecule has 0 aliphatic rings. The molecule has 1 heteroatoms. The third-order valence-electron chi connectivity index (χ3n) is 3.64. The molecule has 1 unspecified atom stereocenters. The minimum Gasteiger partial charge on any atom is -0.0887 e. The Labute approximate surface area is 125 Å². The van der Waals surface area contributed by atoms with Crippen LogP contribution in [0.1, 0.15) is 44.6 Å². The Bertz CT molecular complexity index is 504. The zero-order chi connectivity index (χ0) is 13.5. The van der Waals surface area contributed by atoms with E-state index < -0.39 is 0 Å². The van der Waals surface area contributed by atoms with Gasteiger partial charge in [-0.25, -0.2) is 0 Å². The van der Waals surface area contributed by atoms with E-state index in [2.05, 4.69) is 65.3 Å². The predicted octanol–water partition coefficient (Wildman–Crippen LogP) is 6.12. The summed E-state index contributed by atoms with van der Waals surface area (Å²) >= 11 is 3.83. The Morgan fingerprint density at radius 2 is 1.74 bits per heavy atom. The molecule has 0 N–H and O–H groups in total. The normalized spacial score (nSPS) is 12.7. The third kappa shape index (κ3) is 4.65. The molecule has 0 saturated heterocycles. The van der Waals surface area contributed by atoms with Crippen molar-refractivity contribution < 1.29 is 0 Å². The van der Waals surface area contributed by atoms with E-state index in [0.29, 0.717) is 4.83 Å². The number of unbranched alkanes of at least 4 members (excludes halogenated alkanes) is 3. The van der Waals surface area contributed by atoms with Gasteiger partial charge in [-0.05, 0) is 29.2 Å². The zero-order valence-corrected chi connectivity index (χ0v) is 13.3. The summed E-state index contributed by atoms with van der Waals surface area (Å²) < 4.78 is 0. The van der Waals surface area contributed by atoms with Crippen molar-refractivity contribution in [3.63, 3.8) is 0 Å². The molecule has 0 radical (unpaired) electrons. The quantitative estimate of drug-likeness (QED) is 0.426. The Kier molecular flexibility index (Phi) is 5.91. The molecule has 19 heavy (non-hydrogen) atoms.